The Morgan fingerprint density at radius 3 is 2.78 bits per heavy atom. The van der Waals surface area contributed by atoms with Gasteiger partial charge >= 0.3 is 0 Å². The van der Waals surface area contributed by atoms with E-state index < -0.39 is 0 Å². The van der Waals surface area contributed by atoms with Crippen molar-refractivity contribution >= 4 is 11.3 Å². The fraction of sp³-hybridized carbons (Fsp3) is 0.786. The molecule has 1 N–H and O–H groups in total. The molecule has 1 aromatic rings. The van der Waals surface area contributed by atoms with Gasteiger partial charge in [-0.2, -0.15) is 0 Å². The molecule has 1 heterocycles. The van der Waals surface area contributed by atoms with Crippen LogP contribution in [0.25, 0.3) is 0 Å². The number of ether oxygens (including phenoxy) is 1. The number of aromatic nitrogens is 1. The second kappa shape index (κ2) is 6.13. The van der Waals surface area contributed by atoms with Crippen LogP contribution in [0.3, 0.4) is 0 Å². The minimum atomic E-state index is -0.0739. The first kappa shape index (κ1) is 14.0. The van der Waals surface area contributed by atoms with Gasteiger partial charge in [-0.3, -0.25) is 0 Å². The molecule has 1 saturated carbocycles. The molecule has 0 atom stereocenters. The zero-order valence-electron chi connectivity index (χ0n) is 11.7. The molecule has 0 radical (unpaired) electrons. The molecular formula is C14H24N2OS. The van der Waals surface area contributed by atoms with Crippen molar-refractivity contribution in [3.63, 3.8) is 0 Å². The first-order valence-corrected chi connectivity index (χ1v) is 7.80. The van der Waals surface area contributed by atoms with Crippen LogP contribution in [0.15, 0.2) is 6.20 Å². The molecule has 102 valence electrons. The first-order valence-electron chi connectivity index (χ1n) is 6.99. The van der Waals surface area contributed by atoms with Gasteiger partial charge in [0, 0.05) is 30.3 Å². The molecule has 0 aromatic carbocycles. The van der Waals surface area contributed by atoms with Crippen LogP contribution in [0.2, 0.25) is 0 Å². The van der Waals surface area contributed by atoms with E-state index in [0.717, 1.165) is 26.0 Å². The maximum absolute atomic E-state index is 6.04. The second-order valence-electron chi connectivity index (χ2n) is 5.30. The van der Waals surface area contributed by atoms with E-state index in [1.807, 2.05) is 17.5 Å². The van der Waals surface area contributed by atoms with Crippen LogP contribution in [-0.2, 0) is 16.9 Å². The van der Waals surface area contributed by atoms with E-state index in [2.05, 4.69) is 31.1 Å². The zero-order valence-corrected chi connectivity index (χ0v) is 12.5. The number of rotatable bonds is 6. The first-order chi connectivity index (χ1) is 8.66. The van der Waals surface area contributed by atoms with E-state index in [9.17, 15) is 0 Å². The van der Waals surface area contributed by atoms with E-state index in [0.29, 0.717) is 6.04 Å². The zero-order chi connectivity index (χ0) is 13.0. The normalized spacial score (nSPS) is 18.7. The van der Waals surface area contributed by atoms with Crippen molar-refractivity contribution < 1.29 is 4.74 Å². The predicted molar refractivity (Wildman–Crippen MR) is 75.9 cm³/mol. The van der Waals surface area contributed by atoms with Gasteiger partial charge in [0.25, 0.3) is 0 Å². The molecule has 1 aromatic heterocycles. The Kier molecular flexibility index (Phi) is 4.76. The summed E-state index contributed by atoms with van der Waals surface area (Å²) in [6.45, 7) is 8.10. The fourth-order valence-electron chi connectivity index (χ4n) is 2.55. The quantitative estimate of drug-likeness (QED) is 0.858. The highest BCUT2D eigenvalue weighted by Gasteiger charge is 2.38. The number of hydrogen-bond donors (Lipinski definition) is 1. The molecule has 0 aliphatic heterocycles. The monoisotopic (exact) mass is 268 g/mol. The Morgan fingerprint density at radius 2 is 2.17 bits per heavy atom. The lowest BCUT2D eigenvalue weighted by atomic mass is 10.0. The molecule has 18 heavy (non-hydrogen) atoms. The summed E-state index contributed by atoms with van der Waals surface area (Å²) >= 11 is 1.81. The molecule has 0 unspecified atom stereocenters. The molecule has 4 heteroatoms. The fourth-order valence-corrected chi connectivity index (χ4v) is 3.61. The molecule has 0 amide bonds. The summed E-state index contributed by atoms with van der Waals surface area (Å²) in [5.41, 5.74) is -0.0739. The maximum atomic E-state index is 6.04. The molecule has 0 saturated heterocycles. The molecule has 3 nitrogen and oxygen atoms in total. The molecule has 0 bridgehead atoms. The Morgan fingerprint density at radius 1 is 1.44 bits per heavy atom. The number of nitrogens with one attached hydrogen (secondary N) is 1. The van der Waals surface area contributed by atoms with E-state index in [1.165, 1.54) is 22.7 Å². The van der Waals surface area contributed by atoms with Crippen LogP contribution in [-0.4, -0.2) is 17.6 Å². The molecule has 0 spiro atoms. The molecule has 1 fully saturated rings. The third kappa shape index (κ3) is 3.11. The van der Waals surface area contributed by atoms with Crippen LogP contribution < -0.4 is 5.32 Å². The van der Waals surface area contributed by atoms with Gasteiger partial charge in [0.05, 0.1) is 0 Å². The van der Waals surface area contributed by atoms with Gasteiger partial charge < -0.3 is 10.1 Å². The Hall–Kier alpha value is -0.450. The van der Waals surface area contributed by atoms with Gasteiger partial charge in [0.15, 0.2) is 0 Å². The van der Waals surface area contributed by atoms with Crippen LogP contribution in [0, 0.1) is 0 Å². The summed E-state index contributed by atoms with van der Waals surface area (Å²) in [7, 11) is 0. The lowest BCUT2D eigenvalue weighted by Crippen LogP contribution is -2.25. The summed E-state index contributed by atoms with van der Waals surface area (Å²) in [6.07, 6.45) is 6.80. The molecule has 1 aliphatic carbocycles. The van der Waals surface area contributed by atoms with Crippen molar-refractivity contribution in [3.8, 4) is 0 Å². The van der Waals surface area contributed by atoms with Gasteiger partial charge in [-0.15, -0.1) is 11.3 Å². The Balaban J connectivity index is 2.07. The SMILES string of the molecule is CCOC1(c2ncc(CNC(C)C)s2)CCCC1. The lowest BCUT2D eigenvalue weighted by molar-refractivity contribution is -0.0391. The second-order valence-corrected chi connectivity index (χ2v) is 6.42. The molecule has 1 aliphatic rings. The van der Waals surface area contributed by atoms with Gasteiger partial charge in [-0.25, -0.2) is 4.98 Å². The van der Waals surface area contributed by atoms with Crippen molar-refractivity contribution in [2.75, 3.05) is 6.61 Å². The van der Waals surface area contributed by atoms with E-state index >= 15 is 0 Å². The molecular weight excluding hydrogens is 244 g/mol. The summed E-state index contributed by atoms with van der Waals surface area (Å²) < 4.78 is 6.04. The third-order valence-corrected chi connectivity index (χ3v) is 4.64. The smallest absolute Gasteiger partial charge is 0.125 e. The van der Waals surface area contributed by atoms with Crippen molar-refractivity contribution in [2.24, 2.45) is 0 Å². The highest BCUT2D eigenvalue weighted by molar-refractivity contribution is 7.11. The van der Waals surface area contributed by atoms with Crippen molar-refractivity contribution in [1.29, 1.82) is 0 Å². The Bertz CT molecular complexity index is 370. The average Bonchev–Trinajstić information content (AvgIpc) is 2.95. The van der Waals surface area contributed by atoms with Crippen molar-refractivity contribution in [1.82, 2.24) is 10.3 Å². The number of thiazole rings is 1. The summed E-state index contributed by atoms with van der Waals surface area (Å²) in [4.78, 5) is 5.93. The average molecular weight is 268 g/mol. The van der Waals surface area contributed by atoms with Crippen LogP contribution in [0.5, 0.6) is 0 Å². The number of nitrogens with zero attached hydrogens (tertiary/aromatic N) is 1. The van der Waals surface area contributed by atoms with Gasteiger partial charge in [-0.1, -0.05) is 26.7 Å². The van der Waals surface area contributed by atoms with Crippen LogP contribution in [0.4, 0.5) is 0 Å². The third-order valence-electron chi connectivity index (χ3n) is 3.46. The van der Waals surface area contributed by atoms with Gasteiger partial charge in [0.2, 0.25) is 0 Å². The lowest BCUT2D eigenvalue weighted by Gasteiger charge is -2.26. The standard InChI is InChI=1S/C14H24N2OS/c1-4-17-14(7-5-6-8-14)13-16-10-12(18-13)9-15-11(2)3/h10-11,15H,4-9H2,1-3H3. The van der Waals surface area contributed by atoms with Crippen LogP contribution >= 0.6 is 11.3 Å². The topological polar surface area (TPSA) is 34.1 Å². The van der Waals surface area contributed by atoms with Crippen LogP contribution in [0.1, 0.15) is 56.3 Å². The summed E-state index contributed by atoms with van der Waals surface area (Å²) in [5.74, 6) is 0. The minimum Gasteiger partial charge on any atom is -0.368 e. The maximum Gasteiger partial charge on any atom is 0.125 e. The summed E-state index contributed by atoms with van der Waals surface area (Å²) in [5, 5.41) is 4.62. The van der Waals surface area contributed by atoms with E-state index in [4.69, 9.17) is 4.74 Å². The summed E-state index contributed by atoms with van der Waals surface area (Å²) in [6, 6.07) is 0.517. The largest absolute Gasteiger partial charge is 0.368 e. The highest BCUT2D eigenvalue weighted by Crippen LogP contribution is 2.43. The predicted octanol–water partition coefficient (Wildman–Crippen LogP) is 3.45. The highest BCUT2D eigenvalue weighted by atomic mass is 32.1. The van der Waals surface area contributed by atoms with E-state index in [1.54, 1.807) is 0 Å². The van der Waals surface area contributed by atoms with E-state index in [-0.39, 0.29) is 5.60 Å². The van der Waals surface area contributed by atoms with Gasteiger partial charge in [0.1, 0.15) is 10.6 Å². The van der Waals surface area contributed by atoms with Crippen molar-refractivity contribution in [2.45, 2.75) is 64.6 Å². The molecule has 2 rings (SSSR count). The Labute approximate surface area is 114 Å². The van der Waals surface area contributed by atoms with Crippen molar-refractivity contribution in [3.05, 3.63) is 16.1 Å². The number of hydrogen-bond acceptors (Lipinski definition) is 4. The minimum absolute atomic E-state index is 0.0739. The van der Waals surface area contributed by atoms with Gasteiger partial charge in [-0.05, 0) is 19.8 Å².